The molecule has 0 aromatic heterocycles. The molecule has 1 fully saturated rings. The molecule has 2 atom stereocenters. The maximum atomic E-state index is 13.0. The number of likely N-dealkylation sites (tertiary alicyclic amines) is 1. The van der Waals surface area contributed by atoms with E-state index in [2.05, 4.69) is 10.2 Å². The highest BCUT2D eigenvalue weighted by molar-refractivity contribution is 5.85. The Kier molecular flexibility index (Phi) is 7.95. The van der Waals surface area contributed by atoms with E-state index in [1.165, 1.54) is 18.6 Å². The Labute approximate surface area is 144 Å². The number of piperidine rings is 1. The largest absolute Gasteiger partial charge is 0.338 e. The third-order valence-electron chi connectivity index (χ3n) is 4.60. The second-order valence-corrected chi connectivity index (χ2v) is 6.10. The van der Waals surface area contributed by atoms with E-state index in [0.717, 1.165) is 25.1 Å². The molecule has 2 rings (SSSR count). The topological polar surface area (TPSA) is 35.6 Å². The Balaban J connectivity index is 0.00000264. The molecule has 1 aliphatic rings. The van der Waals surface area contributed by atoms with E-state index >= 15 is 0 Å². The van der Waals surface area contributed by atoms with Gasteiger partial charge in [0, 0.05) is 19.6 Å². The molecular formula is C17H27ClFN3O. The normalized spacial score (nSPS) is 19.7. The molecule has 0 aliphatic carbocycles. The Hall–Kier alpha value is -1.17. The van der Waals surface area contributed by atoms with Crippen LogP contribution in [0.5, 0.6) is 0 Å². The minimum Gasteiger partial charge on any atom is -0.338 e. The van der Waals surface area contributed by atoms with Crippen LogP contribution in [0.3, 0.4) is 0 Å². The van der Waals surface area contributed by atoms with E-state index in [9.17, 15) is 9.18 Å². The van der Waals surface area contributed by atoms with Crippen LogP contribution in [0.4, 0.5) is 4.39 Å². The Morgan fingerprint density at radius 1 is 1.43 bits per heavy atom. The van der Waals surface area contributed by atoms with Crippen LogP contribution < -0.4 is 5.32 Å². The van der Waals surface area contributed by atoms with Crippen molar-refractivity contribution in [2.75, 3.05) is 33.7 Å². The lowest BCUT2D eigenvalue weighted by atomic mass is 10.1. The van der Waals surface area contributed by atoms with Crippen LogP contribution in [0, 0.1) is 5.82 Å². The molecule has 1 heterocycles. The average molecular weight is 344 g/mol. The van der Waals surface area contributed by atoms with Crippen molar-refractivity contribution in [3.05, 3.63) is 35.6 Å². The predicted molar refractivity (Wildman–Crippen MR) is 93.4 cm³/mol. The van der Waals surface area contributed by atoms with Crippen molar-refractivity contribution in [2.45, 2.75) is 31.8 Å². The van der Waals surface area contributed by atoms with Crippen LogP contribution in [0.1, 0.15) is 31.4 Å². The van der Waals surface area contributed by atoms with Crippen molar-refractivity contribution in [1.29, 1.82) is 0 Å². The number of nitrogens with one attached hydrogen (secondary N) is 1. The van der Waals surface area contributed by atoms with Gasteiger partial charge in [0.15, 0.2) is 0 Å². The van der Waals surface area contributed by atoms with Gasteiger partial charge in [-0.3, -0.25) is 9.69 Å². The molecule has 130 valence electrons. The third kappa shape index (κ3) is 5.44. The summed E-state index contributed by atoms with van der Waals surface area (Å²) in [5.74, 6) is -0.148. The molecule has 4 nitrogen and oxygen atoms in total. The van der Waals surface area contributed by atoms with Gasteiger partial charge in [-0.05, 0) is 51.1 Å². The van der Waals surface area contributed by atoms with Crippen molar-refractivity contribution >= 4 is 18.3 Å². The van der Waals surface area contributed by atoms with Gasteiger partial charge in [-0.25, -0.2) is 4.39 Å². The summed E-state index contributed by atoms with van der Waals surface area (Å²) in [6.07, 6.45) is 2.29. The van der Waals surface area contributed by atoms with Gasteiger partial charge in [-0.2, -0.15) is 0 Å². The van der Waals surface area contributed by atoms with Gasteiger partial charge in [-0.15, -0.1) is 12.4 Å². The summed E-state index contributed by atoms with van der Waals surface area (Å²) in [4.78, 5) is 16.4. The zero-order valence-electron chi connectivity index (χ0n) is 14.1. The van der Waals surface area contributed by atoms with Gasteiger partial charge in [0.25, 0.3) is 0 Å². The first-order chi connectivity index (χ1) is 10.5. The molecule has 23 heavy (non-hydrogen) atoms. The third-order valence-corrected chi connectivity index (χ3v) is 4.60. The number of likely N-dealkylation sites (N-methyl/N-ethyl adjacent to an activating group) is 2. The zero-order chi connectivity index (χ0) is 16.1. The number of hydrogen-bond acceptors (Lipinski definition) is 3. The lowest BCUT2D eigenvalue weighted by Gasteiger charge is -2.34. The van der Waals surface area contributed by atoms with Gasteiger partial charge in [0.2, 0.25) is 5.91 Å². The van der Waals surface area contributed by atoms with Crippen LogP contribution in [0.15, 0.2) is 24.3 Å². The van der Waals surface area contributed by atoms with Crippen LogP contribution in [-0.2, 0) is 4.79 Å². The van der Waals surface area contributed by atoms with E-state index in [4.69, 9.17) is 0 Å². The number of rotatable bonds is 5. The van der Waals surface area contributed by atoms with Gasteiger partial charge in [-0.1, -0.05) is 12.1 Å². The van der Waals surface area contributed by atoms with Gasteiger partial charge < -0.3 is 10.2 Å². The summed E-state index contributed by atoms with van der Waals surface area (Å²) in [5.41, 5.74) is 0.948. The van der Waals surface area contributed by atoms with Crippen molar-refractivity contribution in [2.24, 2.45) is 0 Å². The highest BCUT2D eigenvalue weighted by Crippen LogP contribution is 2.19. The van der Waals surface area contributed by atoms with E-state index in [-0.39, 0.29) is 30.2 Å². The number of halogens is 2. The molecular weight excluding hydrogens is 317 g/mol. The number of nitrogens with zero attached hydrogens (tertiary/aromatic N) is 2. The van der Waals surface area contributed by atoms with Crippen molar-refractivity contribution in [3.63, 3.8) is 0 Å². The standard InChI is InChI=1S/C17H26FN3O.ClH/c1-13(14-6-8-15(18)9-7-14)20(3)17(22)12-21-10-4-5-16(11-21)19-2;/h6-9,13,16,19H,4-5,10-12H2,1-3H3;1H. The summed E-state index contributed by atoms with van der Waals surface area (Å²) in [6.45, 7) is 4.31. The first-order valence-corrected chi connectivity index (χ1v) is 7.92. The molecule has 1 saturated heterocycles. The van der Waals surface area contributed by atoms with Gasteiger partial charge in [0.05, 0.1) is 12.6 Å². The molecule has 1 aromatic rings. The van der Waals surface area contributed by atoms with Crippen LogP contribution in [0.25, 0.3) is 0 Å². The number of carbonyl (C=O) groups is 1. The van der Waals surface area contributed by atoms with E-state index < -0.39 is 0 Å². The molecule has 0 radical (unpaired) electrons. The number of hydrogen-bond donors (Lipinski definition) is 1. The summed E-state index contributed by atoms with van der Waals surface area (Å²) < 4.78 is 13.0. The Morgan fingerprint density at radius 2 is 2.09 bits per heavy atom. The minimum atomic E-state index is -0.253. The summed E-state index contributed by atoms with van der Waals surface area (Å²) in [6, 6.07) is 6.77. The maximum Gasteiger partial charge on any atom is 0.236 e. The Morgan fingerprint density at radius 3 is 2.70 bits per heavy atom. The second-order valence-electron chi connectivity index (χ2n) is 6.10. The first kappa shape index (κ1) is 19.9. The SMILES string of the molecule is CNC1CCCN(CC(=O)N(C)C(C)c2ccc(F)cc2)C1.Cl. The van der Waals surface area contributed by atoms with Crippen LogP contribution >= 0.6 is 12.4 Å². The lowest BCUT2D eigenvalue weighted by molar-refractivity contribution is -0.133. The molecule has 0 bridgehead atoms. The molecule has 0 spiro atoms. The second kappa shape index (κ2) is 9.21. The summed E-state index contributed by atoms with van der Waals surface area (Å²) >= 11 is 0. The smallest absolute Gasteiger partial charge is 0.236 e. The van der Waals surface area contributed by atoms with Crippen molar-refractivity contribution < 1.29 is 9.18 Å². The number of amides is 1. The Bertz CT molecular complexity index is 497. The fourth-order valence-corrected chi connectivity index (χ4v) is 2.92. The zero-order valence-corrected chi connectivity index (χ0v) is 14.9. The molecule has 1 amide bonds. The minimum absolute atomic E-state index is 0. The molecule has 6 heteroatoms. The number of carbonyl (C=O) groups excluding carboxylic acids is 1. The van der Waals surface area contributed by atoms with Crippen LogP contribution in [-0.4, -0.2) is 55.5 Å². The molecule has 1 N–H and O–H groups in total. The van der Waals surface area contributed by atoms with Crippen LogP contribution in [0.2, 0.25) is 0 Å². The van der Waals surface area contributed by atoms with E-state index in [1.54, 1.807) is 17.0 Å². The highest BCUT2D eigenvalue weighted by atomic mass is 35.5. The molecule has 2 unspecified atom stereocenters. The lowest BCUT2D eigenvalue weighted by Crippen LogP contribution is -2.48. The van der Waals surface area contributed by atoms with E-state index in [1.807, 2.05) is 21.0 Å². The van der Waals surface area contributed by atoms with Crippen molar-refractivity contribution in [1.82, 2.24) is 15.1 Å². The van der Waals surface area contributed by atoms with E-state index in [0.29, 0.717) is 12.6 Å². The summed E-state index contributed by atoms with van der Waals surface area (Å²) in [7, 11) is 3.79. The number of benzene rings is 1. The highest BCUT2D eigenvalue weighted by Gasteiger charge is 2.23. The molecule has 1 aliphatic heterocycles. The van der Waals surface area contributed by atoms with Crippen molar-refractivity contribution in [3.8, 4) is 0 Å². The molecule has 0 saturated carbocycles. The fourth-order valence-electron chi connectivity index (χ4n) is 2.92. The maximum absolute atomic E-state index is 13.0. The average Bonchev–Trinajstić information content (AvgIpc) is 2.54. The quantitative estimate of drug-likeness (QED) is 0.892. The van der Waals surface area contributed by atoms with Gasteiger partial charge in [0.1, 0.15) is 5.82 Å². The van der Waals surface area contributed by atoms with Gasteiger partial charge >= 0.3 is 0 Å². The predicted octanol–water partition coefficient (Wildman–Crippen LogP) is 2.45. The summed E-state index contributed by atoms with van der Waals surface area (Å²) in [5, 5.41) is 3.29. The first-order valence-electron chi connectivity index (χ1n) is 7.92. The fraction of sp³-hybridized carbons (Fsp3) is 0.588. The molecule has 1 aromatic carbocycles. The monoisotopic (exact) mass is 343 g/mol.